The second-order valence-corrected chi connectivity index (χ2v) is 5.97. The summed E-state index contributed by atoms with van der Waals surface area (Å²) in [5.41, 5.74) is 10.6. The van der Waals surface area contributed by atoms with Crippen LogP contribution in [0.2, 0.25) is 0 Å². The molecular weight excluding hydrogens is 358 g/mol. The van der Waals surface area contributed by atoms with Crippen LogP contribution in [0.15, 0.2) is 62.5 Å². The zero-order chi connectivity index (χ0) is 16.4. The molecule has 3 N–H and O–H groups in total. The number of nitrogens with one attached hydrogen (secondary N) is 1. The molecule has 1 heterocycles. The first-order valence-electron chi connectivity index (χ1n) is 6.92. The number of anilines is 1. The van der Waals surface area contributed by atoms with E-state index in [2.05, 4.69) is 26.5 Å². The number of nitrogens with zero attached hydrogens (tertiary/aromatic N) is 1. The van der Waals surface area contributed by atoms with E-state index in [9.17, 15) is 4.79 Å². The zero-order valence-electron chi connectivity index (χ0n) is 12.3. The number of fused-ring (bicyclic) bond motifs is 1. The monoisotopic (exact) mass is 371 g/mol. The maximum absolute atomic E-state index is 12.0. The Kier molecular flexibility index (Phi) is 4.16. The highest BCUT2D eigenvalue weighted by molar-refractivity contribution is 9.10. The molecule has 23 heavy (non-hydrogen) atoms. The number of carbonyl (C=O) groups is 1. The van der Waals surface area contributed by atoms with Crippen LogP contribution in [0.25, 0.3) is 11.0 Å². The summed E-state index contributed by atoms with van der Waals surface area (Å²) < 4.78 is 6.69. The Hall–Kier alpha value is -2.60. The lowest BCUT2D eigenvalue weighted by Gasteiger charge is -2.01. The molecule has 0 saturated carbocycles. The molecule has 1 aromatic heterocycles. The molecule has 0 saturated heterocycles. The highest BCUT2D eigenvalue weighted by Gasteiger charge is 2.09. The highest BCUT2D eigenvalue weighted by Crippen LogP contribution is 2.23. The van der Waals surface area contributed by atoms with Gasteiger partial charge in [0.1, 0.15) is 11.3 Å². The molecule has 0 aliphatic rings. The van der Waals surface area contributed by atoms with E-state index in [-0.39, 0.29) is 5.91 Å². The van der Waals surface area contributed by atoms with Crippen LogP contribution >= 0.6 is 15.9 Å². The summed E-state index contributed by atoms with van der Waals surface area (Å²) in [5, 5.41) is 5.06. The Morgan fingerprint density at radius 2 is 1.91 bits per heavy atom. The van der Waals surface area contributed by atoms with Crippen molar-refractivity contribution in [2.75, 3.05) is 5.73 Å². The average molecular weight is 372 g/mol. The van der Waals surface area contributed by atoms with E-state index in [0.29, 0.717) is 22.7 Å². The number of halogens is 1. The van der Waals surface area contributed by atoms with Gasteiger partial charge in [-0.1, -0.05) is 15.9 Å². The van der Waals surface area contributed by atoms with Crippen molar-refractivity contribution in [1.29, 1.82) is 0 Å². The molecule has 116 valence electrons. The van der Waals surface area contributed by atoms with Crippen LogP contribution in [-0.4, -0.2) is 11.6 Å². The van der Waals surface area contributed by atoms with E-state index in [1.807, 2.05) is 24.3 Å². The topological polar surface area (TPSA) is 80.6 Å². The highest BCUT2D eigenvalue weighted by atomic mass is 79.9. The third-order valence-electron chi connectivity index (χ3n) is 3.33. The van der Waals surface area contributed by atoms with Crippen LogP contribution < -0.4 is 11.2 Å². The average Bonchev–Trinajstić information content (AvgIpc) is 2.96. The second-order valence-electron chi connectivity index (χ2n) is 5.05. The van der Waals surface area contributed by atoms with Crippen molar-refractivity contribution in [2.24, 2.45) is 5.10 Å². The fourth-order valence-corrected chi connectivity index (χ4v) is 2.46. The van der Waals surface area contributed by atoms with Crippen LogP contribution in [0.3, 0.4) is 0 Å². The fraction of sp³-hybridized carbons (Fsp3) is 0.0588. The van der Waals surface area contributed by atoms with Crippen LogP contribution in [0.4, 0.5) is 5.69 Å². The predicted octanol–water partition coefficient (Wildman–Crippen LogP) is 3.93. The van der Waals surface area contributed by atoms with Gasteiger partial charge >= 0.3 is 0 Å². The Morgan fingerprint density at radius 3 is 2.65 bits per heavy atom. The lowest BCUT2D eigenvalue weighted by Crippen LogP contribution is -2.19. The molecule has 0 unspecified atom stereocenters. The summed E-state index contributed by atoms with van der Waals surface area (Å²) >= 11 is 3.42. The third kappa shape index (κ3) is 3.43. The minimum atomic E-state index is -0.303. The standard InChI is InChI=1S/C17H14BrN3O2/c1-10(16-9-12-8-13(18)4-7-15(12)23-16)20-21-17(22)11-2-5-14(19)6-3-11/h2-9H,19H2,1H3,(H,21,22)/b20-10-. The summed E-state index contributed by atoms with van der Waals surface area (Å²) in [5.74, 6) is 0.305. The van der Waals surface area contributed by atoms with Gasteiger partial charge in [-0.05, 0) is 55.5 Å². The zero-order valence-corrected chi connectivity index (χ0v) is 13.9. The first kappa shape index (κ1) is 15.3. The van der Waals surface area contributed by atoms with Crippen molar-refractivity contribution in [3.05, 3.63) is 64.3 Å². The third-order valence-corrected chi connectivity index (χ3v) is 3.83. The van der Waals surface area contributed by atoms with Crippen LogP contribution in [0.1, 0.15) is 23.0 Å². The van der Waals surface area contributed by atoms with Gasteiger partial charge in [0.2, 0.25) is 0 Å². The van der Waals surface area contributed by atoms with Crippen molar-refractivity contribution in [3.63, 3.8) is 0 Å². The number of nitrogens with two attached hydrogens (primary N) is 1. The van der Waals surface area contributed by atoms with Crippen molar-refractivity contribution in [1.82, 2.24) is 5.43 Å². The molecule has 1 amide bonds. The van der Waals surface area contributed by atoms with E-state index in [0.717, 1.165) is 15.4 Å². The number of amides is 1. The lowest BCUT2D eigenvalue weighted by molar-refractivity contribution is 0.0955. The SMILES string of the molecule is C/C(=N/NC(=O)c1ccc(N)cc1)c1cc2cc(Br)ccc2o1. The summed E-state index contributed by atoms with van der Waals surface area (Å²) in [6, 6.07) is 14.3. The first-order chi connectivity index (χ1) is 11.0. The van der Waals surface area contributed by atoms with E-state index in [1.165, 1.54) is 0 Å². The molecule has 0 radical (unpaired) electrons. The van der Waals surface area contributed by atoms with Gasteiger partial charge in [-0.25, -0.2) is 5.43 Å². The van der Waals surface area contributed by atoms with Gasteiger partial charge in [0.15, 0.2) is 5.76 Å². The molecule has 0 aliphatic carbocycles. The quantitative estimate of drug-likeness (QED) is 0.415. The molecular formula is C17H14BrN3O2. The molecule has 0 aliphatic heterocycles. The largest absolute Gasteiger partial charge is 0.455 e. The summed E-state index contributed by atoms with van der Waals surface area (Å²) in [6.07, 6.45) is 0. The number of hydrogen-bond acceptors (Lipinski definition) is 4. The van der Waals surface area contributed by atoms with Gasteiger partial charge in [-0.2, -0.15) is 5.10 Å². The Bertz CT molecular complexity index is 898. The molecule has 0 fully saturated rings. The number of nitrogen functional groups attached to an aromatic ring is 1. The van der Waals surface area contributed by atoms with Crippen LogP contribution in [0, 0.1) is 0 Å². The number of rotatable bonds is 3. The molecule has 3 rings (SSSR count). The Balaban J connectivity index is 1.78. The number of furan rings is 1. The van der Waals surface area contributed by atoms with Gasteiger partial charge in [0, 0.05) is 21.1 Å². The van der Waals surface area contributed by atoms with Gasteiger partial charge in [-0.3, -0.25) is 4.79 Å². The molecule has 0 spiro atoms. The Labute approximate surface area is 141 Å². The van der Waals surface area contributed by atoms with Crippen LogP contribution in [0.5, 0.6) is 0 Å². The van der Waals surface area contributed by atoms with E-state index in [1.54, 1.807) is 31.2 Å². The second kappa shape index (κ2) is 6.26. The summed E-state index contributed by atoms with van der Waals surface area (Å²) in [7, 11) is 0. The maximum atomic E-state index is 12.0. The first-order valence-corrected chi connectivity index (χ1v) is 7.72. The number of carbonyl (C=O) groups excluding carboxylic acids is 1. The molecule has 0 atom stereocenters. The molecule has 5 nitrogen and oxygen atoms in total. The molecule has 3 aromatic rings. The molecule has 6 heteroatoms. The van der Waals surface area contributed by atoms with Crippen molar-refractivity contribution >= 4 is 44.2 Å². The smallest absolute Gasteiger partial charge is 0.271 e. The van der Waals surface area contributed by atoms with E-state index in [4.69, 9.17) is 10.2 Å². The molecule has 0 bridgehead atoms. The van der Waals surface area contributed by atoms with E-state index < -0.39 is 0 Å². The van der Waals surface area contributed by atoms with Gasteiger partial charge in [0.05, 0.1) is 0 Å². The predicted molar refractivity (Wildman–Crippen MR) is 94.4 cm³/mol. The van der Waals surface area contributed by atoms with Gasteiger partial charge < -0.3 is 10.2 Å². The van der Waals surface area contributed by atoms with Gasteiger partial charge in [-0.15, -0.1) is 0 Å². The normalized spacial score (nSPS) is 11.7. The number of hydrogen-bond donors (Lipinski definition) is 2. The maximum Gasteiger partial charge on any atom is 0.271 e. The minimum absolute atomic E-state index is 0.303. The van der Waals surface area contributed by atoms with Crippen LogP contribution in [-0.2, 0) is 0 Å². The van der Waals surface area contributed by atoms with Crippen molar-refractivity contribution in [2.45, 2.75) is 6.92 Å². The van der Waals surface area contributed by atoms with E-state index >= 15 is 0 Å². The van der Waals surface area contributed by atoms with Gasteiger partial charge in [0.25, 0.3) is 5.91 Å². The number of hydrazone groups is 1. The summed E-state index contributed by atoms with van der Waals surface area (Å²) in [6.45, 7) is 1.77. The lowest BCUT2D eigenvalue weighted by atomic mass is 10.2. The number of benzene rings is 2. The fourth-order valence-electron chi connectivity index (χ4n) is 2.08. The minimum Gasteiger partial charge on any atom is -0.455 e. The van der Waals surface area contributed by atoms with Crippen molar-refractivity contribution < 1.29 is 9.21 Å². The Morgan fingerprint density at radius 1 is 1.17 bits per heavy atom. The molecule has 2 aromatic carbocycles. The summed E-state index contributed by atoms with van der Waals surface area (Å²) in [4.78, 5) is 12.0. The van der Waals surface area contributed by atoms with Crippen molar-refractivity contribution in [3.8, 4) is 0 Å².